The third-order valence-electron chi connectivity index (χ3n) is 6.61. The predicted molar refractivity (Wildman–Crippen MR) is 126 cm³/mol. The second-order valence-electron chi connectivity index (χ2n) is 8.79. The number of nitrogens with zero attached hydrogens (tertiary/aromatic N) is 1. The van der Waals surface area contributed by atoms with E-state index in [2.05, 4.69) is 11.8 Å². The second-order valence-corrected chi connectivity index (χ2v) is 8.79. The Bertz CT molecular complexity index is 914. The quantitative estimate of drug-likeness (QED) is 0.500. The molecule has 4 rings (SSSR count). The molecule has 168 valence electrons. The first-order valence-corrected chi connectivity index (χ1v) is 11.5. The van der Waals surface area contributed by atoms with Crippen LogP contribution in [0.2, 0.25) is 0 Å². The van der Waals surface area contributed by atoms with E-state index in [1.165, 1.54) is 12.1 Å². The highest BCUT2D eigenvalue weighted by atomic mass is 19.1. The molecule has 1 saturated heterocycles. The molecular formula is C28H32FNO2. The molecule has 0 amide bonds. The molecular weight excluding hydrogens is 401 g/mol. The minimum Gasteiger partial charge on any atom is -0.491 e. The van der Waals surface area contributed by atoms with Crippen LogP contribution in [0.4, 0.5) is 4.39 Å². The number of halogens is 1. The van der Waals surface area contributed by atoms with Gasteiger partial charge in [-0.2, -0.15) is 0 Å². The van der Waals surface area contributed by atoms with Crippen LogP contribution < -0.4 is 4.74 Å². The van der Waals surface area contributed by atoms with E-state index in [1.807, 2.05) is 60.7 Å². The number of ether oxygens (including phenoxy) is 1. The Kier molecular flexibility index (Phi) is 7.23. The standard InChI is InChI=1S/C28H32FNO2/c1-22(32-27-14-12-26(29)13-15-27)16-19-30-20-17-25(18-21-30)28(31,23-8-4-2-5-9-23)24-10-6-3-7-11-24/h2-15,22,25,31H,16-21H2,1H3. The van der Waals surface area contributed by atoms with Crippen molar-refractivity contribution in [1.82, 2.24) is 4.90 Å². The Balaban J connectivity index is 1.36. The van der Waals surface area contributed by atoms with Crippen molar-refractivity contribution < 1.29 is 14.2 Å². The molecule has 1 unspecified atom stereocenters. The molecule has 1 aliphatic heterocycles. The average molecular weight is 434 g/mol. The van der Waals surface area contributed by atoms with Gasteiger partial charge in [0, 0.05) is 6.54 Å². The van der Waals surface area contributed by atoms with E-state index >= 15 is 0 Å². The lowest BCUT2D eigenvalue weighted by atomic mass is 9.72. The van der Waals surface area contributed by atoms with Crippen LogP contribution >= 0.6 is 0 Å². The first-order chi connectivity index (χ1) is 15.6. The summed E-state index contributed by atoms with van der Waals surface area (Å²) in [6.45, 7) is 4.91. The van der Waals surface area contributed by atoms with Gasteiger partial charge in [0.15, 0.2) is 0 Å². The van der Waals surface area contributed by atoms with E-state index < -0.39 is 5.60 Å². The van der Waals surface area contributed by atoms with Crippen LogP contribution in [0.1, 0.15) is 37.3 Å². The maximum Gasteiger partial charge on any atom is 0.123 e. The Labute approximate surface area is 190 Å². The highest BCUT2D eigenvalue weighted by molar-refractivity contribution is 5.37. The lowest BCUT2D eigenvalue weighted by Crippen LogP contribution is -2.44. The first-order valence-electron chi connectivity index (χ1n) is 11.5. The highest BCUT2D eigenvalue weighted by Crippen LogP contribution is 2.41. The number of aliphatic hydroxyl groups is 1. The summed E-state index contributed by atoms with van der Waals surface area (Å²) in [6.07, 6.45) is 2.84. The van der Waals surface area contributed by atoms with Gasteiger partial charge in [-0.05, 0) is 80.6 Å². The van der Waals surface area contributed by atoms with E-state index in [-0.39, 0.29) is 17.8 Å². The summed E-state index contributed by atoms with van der Waals surface area (Å²) in [5, 5.41) is 12.0. The van der Waals surface area contributed by atoms with Crippen molar-refractivity contribution in [2.24, 2.45) is 5.92 Å². The molecule has 0 bridgehead atoms. The summed E-state index contributed by atoms with van der Waals surface area (Å²) >= 11 is 0. The third kappa shape index (κ3) is 5.20. The van der Waals surface area contributed by atoms with Gasteiger partial charge in [0.1, 0.15) is 17.2 Å². The van der Waals surface area contributed by atoms with E-state index in [4.69, 9.17) is 4.74 Å². The molecule has 1 heterocycles. The predicted octanol–water partition coefficient (Wildman–Crippen LogP) is 5.63. The molecule has 0 aromatic heterocycles. The fourth-order valence-corrected chi connectivity index (χ4v) is 4.77. The fraction of sp³-hybridized carbons (Fsp3) is 0.357. The van der Waals surface area contributed by atoms with Crippen molar-refractivity contribution in [3.05, 3.63) is 102 Å². The summed E-state index contributed by atoms with van der Waals surface area (Å²) in [6, 6.07) is 26.3. The van der Waals surface area contributed by atoms with Crippen LogP contribution in [0, 0.1) is 11.7 Å². The lowest BCUT2D eigenvalue weighted by molar-refractivity contribution is -0.0152. The van der Waals surface area contributed by atoms with Crippen molar-refractivity contribution in [1.29, 1.82) is 0 Å². The molecule has 3 aromatic carbocycles. The molecule has 1 N–H and O–H groups in total. The largest absolute Gasteiger partial charge is 0.491 e. The van der Waals surface area contributed by atoms with Crippen LogP contribution in [0.5, 0.6) is 5.75 Å². The lowest BCUT2D eigenvalue weighted by Gasteiger charge is -2.42. The molecule has 3 aromatic rings. The number of likely N-dealkylation sites (tertiary alicyclic amines) is 1. The Morgan fingerprint density at radius 3 is 1.97 bits per heavy atom. The van der Waals surface area contributed by atoms with Crippen LogP contribution in [-0.2, 0) is 5.60 Å². The van der Waals surface area contributed by atoms with E-state index in [1.54, 1.807) is 12.1 Å². The monoisotopic (exact) mass is 433 g/mol. The topological polar surface area (TPSA) is 32.7 Å². The number of benzene rings is 3. The summed E-state index contributed by atoms with van der Waals surface area (Å²) in [5.41, 5.74) is 0.949. The summed E-state index contributed by atoms with van der Waals surface area (Å²) in [5.74, 6) is 0.615. The van der Waals surface area contributed by atoms with Gasteiger partial charge in [0.05, 0.1) is 6.10 Å². The molecule has 32 heavy (non-hydrogen) atoms. The zero-order chi connectivity index (χ0) is 22.4. The Morgan fingerprint density at radius 1 is 0.906 bits per heavy atom. The van der Waals surface area contributed by atoms with Gasteiger partial charge in [-0.25, -0.2) is 4.39 Å². The van der Waals surface area contributed by atoms with Crippen molar-refractivity contribution in [3.8, 4) is 5.75 Å². The number of piperidine rings is 1. The Morgan fingerprint density at radius 2 is 1.44 bits per heavy atom. The highest BCUT2D eigenvalue weighted by Gasteiger charge is 2.41. The maximum absolute atomic E-state index is 13.1. The third-order valence-corrected chi connectivity index (χ3v) is 6.61. The number of rotatable bonds is 8. The fourth-order valence-electron chi connectivity index (χ4n) is 4.77. The summed E-state index contributed by atoms with van der Waals surface area (Å²) in [7, 11) is 0. The van der Waals surface area contributed by atoms with Gasteiger partial charge >= 0.3 is 0 Å². The average Bonchev–Trinajstić information content (AvgIpc) is 2.85. The normalized spacial score (nSPS) is 16.6. The molecule has 0 saturated carbocycles. The summed E-state index contributed by atoms with van der Waals surface area (Å²) in [4.78, 5) is 2.46. The van der Waals surface area contributed by atoms with Gasteiger partial charge in [-0.1, -0.05) is 60.7 Å². The van der Waals surface area contributed by atoms with Crippen LogP contribution in [0.25, 0.3) is 0 Å². The van der Waals surface area contributed by atoms with E-state index in [9.17, 15) is 9.50 Å². The molecule has 1 atom stereocenters. The van der Waals surface area contributed by atoms with Crippen molar-refractivity contribution in [2.45, 2.75) is 37.9 Å². The number of hydrogen-bond acceptors (Lipinski definition) is 3. The molecule has 3 nitrogen and oxygen atoms in total. The first kappa shape index (κ1) is 22.5. The molecule has 0 radical (unpaired) electrons. The van der Waals surface area contributed by atoms with Gasteiger partial charge in [0.25, 0.3) is 0 Å². The zero-order valence-corrected chi connectivity index (χ0v) is 18.7. The minimum absolute atomic E-state index is 0.0590. The molecule has 0 aliphatic carbocycles. The maximum atomic E-state index is 13.1. The SMILES string of the molecule is CC(CCN1CCC(C(O)(c2ccccc2)c2ccccc2)CC1)Oc1ccc(F)cc1. The molecule has 1 aliphatic rings. The van der Waals surface area contributed by atoms with Crippen molar-refractivity contribution >= 4 is 0 Å². The van der Waals surface area contributed by atoms with Gasteiger partial charge in [0.2, 0.25) is 0 Å². The Hall–Kier alpha value is -2.69. The number of hydrogen-bond donors (Lipinski definition) is 1. The van der Waals surface area contributed by atoms with Crippen LogP contribution in [-0.4, -0.2) is 35.7 Å². The van der Waals surface area contributed by atoms with E-state index in [0.29, 0.717) is 5.75 Å². The van der Waals surface area contributed by atoms with Gasteiger partial charge in [-0.15, -0.1) is 0 Å². The second kappa shape index (κ2) is 10.3. The van der Waals surface area contributed by atoms with Crippen LogP contribution in [0.3, 0.4) is 0 Å². The molecule has 1 fully saturated rings. The molecule has 0 spiro atoms. The van der Waals surface area contributed by atoms with Crippen molar-refractivity contribution in [3.63, 3.8) is 0 Å². The van der Waals surface area contributed by atoms with Crippen molar-refractivity contribution in [2.75, 3.05) is 19.6 Å². The minimum atomic E-state index is -0.979. The zero-order valence-electron chi connectivity index (χ0n) is 18.7. The van der Waals surface area contributed by atoms with Gasteiger partial charge < -0.3 is 14.7 Å². The van der Waals surface area contributed by atoms with E-state index in [0.717, 1.165) is 50.0 Å². The van der Waals surface area contributed by atoms with Crippen LogP contribution in [0.15, 0.2) is 84.9 Å². The smallest absolute Gasteiger partial charge is 0.123 e. The molecule has 4 heteroatoms. The summed E-state index contributed by atoms with van der Waals surface area (Å²) < 4.78 is 19.0. The van der Waals surface area contributed by atoms with Gasteiger partial charge in [-0.3, -0.25) is 0 Å².